The first-order valence-electron chi connectivity index (χ1n) is 7.91. The summed E-state index contributed by atoms with van der Waals surface area (Å²) >= 11 is 0. The molecular formula is C17H26N4O. The van der Waals surface area contributed by atoms with Gasteiger partial charge < -0.3 is 4.90 Å². The van der Waals surface area contributed by atoms with E-state index in [4.69, 9.17) is 0 Å². The molecule has 0 radical (unpaired) electrons. The zero-order valence-electron chi connectivity index (χ0n) is 14.6. The van der Waals surface area contributed by atoms with E-state index in [1.165, 1.54) is 0 Å². The van der Waals surface area contributed by atoms with Crippen molar-refractivity contribution >= 4 is 16.9 Å². The van der Waals surface area contributed by atoms with E-state index in [0.29, 0.717) is 5.56 Å². The second kappa shape index (κ2) is 6.07. The average Bonchev–Trinajstić information content (AvgIpc) is 2.79. The highest BCUT2D eigenvalue weighted by molar-refractivity contribution is 5.98. The van der Waals surface area contributed by atoms with Gasteiger partial charge in [0.25, 0.3) is 5.91 Å². The third kappa shape index (κ3) is 2.85. The van der Waals surface area contributed by atoms with E-state index in [1.54, 1.807) is 6.20 Å². The van der Waals surface area contributed by atoms with Crippen LogP contribution in [0.1, 0.15) is 63.6 Å². The Labute approximate surface area is 132 Å². The third-order valence-corrected chi connectivity index (χ3v) is 3.83. The molecule has 0 N–H and O–H groups in total. The topological polar surface area (TPSA) is 51.0 Å². The lowest BCUT2D eigenvalue weighted by molar-refractivity contribution is 0.0642. The highest BCUT2D eigenvalue weighted by Crippen LogP contribution is 2.21. The first-order chi connectivity index (χ1) is 10.2. The number of aromatic nitrogens is 3. The number of pyridine rings is 1. The summed E-state index contributed by atoms with van der Waals surface area (Å²) in [7, 11) is 0. The van der Waals surface area contributed by atoms with Crippen molar-refractivity contribution in [2.45, 2.75) is 66.6 Å². The van der Waals surface area contributed by atoms with Crippen LogP contribution in [0.25, 0.3) is 11.0 Å². The Hall–Kier alpha value is -1.91. The number of amides is 1. The molecule has 1 amide bonds. The molecule has 0 aliphatic rings. The number of hydrogen-bond donors (Lipinski definition) is 0. The van der Waals surface area contributed by atoms with Crippen molar-refractivity contribution in [1.29, 1.82) is 0 Å². The van der Waals surface area contributed by atoms with Crippen LogP contribution >= 0.6 is 0 Å². The van der Waals surface area contributed by atoms with Crippen LogP contribution in [0.3, 0.4) is 0 Å². The minimum atomic E-state index is 0.0363. The van der Waals surface area contributed by atoms with Crippen molar-refractivity contribution in [2.75, 3.05) is 0 Å². The SMILES string of the molecule is Cc1nc2c(cnn2C(C)C)cc1C(=O)N(C(C)C)C(C)C. The second-order valence-electron chi connectivity index (χ2n) is 6.62. The highest BCUT2D eigenvalue weighted by atomic mass is 16.2. The molecule has 120 valence electrons. The second-order valence-corrected chi connectivity index (χ2v) is 6.62. The Balaban J connectivity index is 2.52. The zero-order valence-corrected chi connectivity index (χ0v) is 14.6. The van der Waals surface area contributed by atoms with Crippen molar-refractivity contribution in [3.8, 4) is 0 Å². The van der Waals surface area contributed by atoms with Crippen molar-refractivity contribution in [3.05, 3.63) is 23.5 Å². The predicted octanol–water partition coefficient (Wildman–Crippen LogP) is 3.58. The van der Waals surface area contributed by atoms with Gasteiger partial charge in [-0.25, -0.2) is 9.67 Å². The molecule has 0 spiro atoms. The molecule has 2 aromatic rings. The van der Waals surface area contributed by atoms with E-state index in [0.717, 1.165) is 16.7 Å². The fraction of sp³-hybridized carbons (Fsp3) is 0.588. The van der Waals surface area contributed by atoms with Gasteiger partial charge in [-0.15, -0.1) is 0 Å². The van der Waals surface area contributed by atoms with Crippen LogP contribution in [0, 0.1) is 6.92 Å². The van der Waals surface area contributed by atoms with Crippen LogP contribution in [0.4, 0.5) is 0 Å². The van der Waals surface area contributed by atoms with E-state index in [1.807, 2.05) is 50.3 Å². The van der Waals surface area contributed by atoms with Crippen molar-refractivity contribution in [3.63, 3.8) is 0 Å². The number of hydrogen-bond acceptors (Lipinski definition) is 3. The van der Waals surface area contributed by atoms with Crippen molar-refractivity contribution < 1.29 is 4.79 Å². The van der Waals surface area contributed by atoms with Gasteiger partial charge in [0.2, 0.25) is 0 Å². The third-order valence-electron chi connectivity index (χ3n) is 3.83. The molecule has 2 aromatic heterocycles. The Morgan fingerprint density at radius 3 is 2.23 bits per heavy atom. The van der Waals surface area contributed by atoms with Gasteiger partial charge in [-0.2, -0.15) is 5.10 Å². The lowest BCUT2D eigenvalue weighted by atomic mass is 10.1. The molecule has 0 aromatic carbocycles. The fourth-order valence-electron chi connectivity index (χ4n) is 2.86. The molecule has 2 heterocycles. The van der Waals surface area contributed by atoms with Gasteiger partial charge in [-0.1, -0.05) is 0 Å². The normalized spacial score (nSPS) is 11.9. The monoisotopic (exact) mass is 302 g/mol. The number of aryl methyl sites for hydroxylation is 1. The van der Waals surface area contributed by atoms with Gasteiger partial charge >= 0.3 is 0 Å². The van der Waals surface area contributed by atoms with Gasteiger partial charge in [-0.3, -0.25) is 4.79 Å². The molecule has 0 saturated heterocycles. The number of carbonyl (C=O) groups is 1. The molecule has 22 heavy (non-hydrogen) atoms. The van der Waals surface area contributed by atoms with Crippen LogP contribution in [-0.2, 0) is 0 Å². The van der Waals surface area contributed by atoms with E-state index < -0.39 is 0 Å². The van der Waals surface area contributed by atoms with Crippen molar-refractivity contribution in [2.24, 2.45) is 0 Å². The Morgan fingerprint density at radius 1 is 1.14 bits per heavy atom. The molecule has 0 fully saturated rings. The van der Waals surface area contributed by atoms with Crippen LogP contribution in [0.2, 0.25) is 0 Å². The van der Waals surface area contributed by atoms with Gasteiger partial charge in [0, 0.05) is 23.5 Å². The molecule has 0 unspecified atom stereocenters. The number of carbonyl (C=O) groups excluding carboxylic acids is 1. The van der Waals surface area contributed by atoms with Gasteiger partial charge in [0.05, 0.1) is 17.5 Å². The Bertz CT molecular complexity index is 677. The largest absolute Gasteiger partial charge is 0.334 e. The number of fused-ring (bicyclic) bond motifs is 1. The highest BCUT2D eigenvalue weighted by Gasteiger charge is 2.24. The molecular weight excluding hydrogens is 276 g/mol. The molecule has 2 rings (SSSR count). The lowest BCUT2D eigenvalue weighted by Crippen LogP contribution is -2.42. The molecule has 0 aliphatic heterocycles. The Morgan fingerprint density at radius 2 is 1.73 bits per heavy atom. The van der Waals surface area contributed by atoms with Gasteiger partial charge in [-0.05, 0) is 54.5 Å². The van der Waals surface area contributed by atoms with Crippen LogP contribution in [0.15, 0.2) is 12.3 Å². The quantitative estimate of drug-likeness (QED) is 0.867. The van der Waals surface area contributed by atoms with Gasteiger partial charge in [0.1, 0.15) is 0 Å². The summed E-state index contributed by atoms with van der Waals surface area (Å²) in [5, 5.41) is 5.29. The predicted molar refractivity (Wildman–Crippen MR) is 89.1 cm³/mol. The molecule has 0 aliphatic carbocycles. The Kier molecular flexibility index (Phi) is 4.54. The minimum Gasteiger partial charge on any atom is -0.334 e. The average molecular weight is 302 g/mol. The van der Waals surface area contributed by atoms with Crippen LogP contribution < -0.4 is 0 Å². The molecule has 0 atom stereocenters. The van der Waals surface area contributed by atoms with E-state index in [9.17, 15) is 4.79 Å². The fourth-order valence-corrected chi connectivity index (χ4v) is 2.86. The van der Waals surface area contributed by atoms with Crippen molar-refractivity contribution in [1.82, 2.24) is 19.7 Å². The summed E-state index contributed by atoms with van der Waals surface area (Å²) in [6, 6.07) is 2.47. The van der Waals surface area contributed by atoms with E-state index in [2.05, 4.69) is 23.9 Å². The van der Waals surface area contributed by atoms with Crippen LogP contribution in [0.5, 0.6) is 0 Å². The number of nitrogens with zero attached hydrogens (tertiary/aromatic N) is 4. The molecule has 0 bridgehead atoms. The maximum atomic E-state index is 12.9. The lowest BCUT2D eigenvalue weighted by Gasteiger charge is -2.31. The molecule has 5 nitrogen and oxygen atoms in total. The minimum absolute atomic E-state index is 0.0363. The molecule has 0 saturated carbocycles. The summed E-state index contributed by atoms with van der Waals surface area (Å²) in [6.07, 6.45) is 1.79. The van der Waals surface area contributed by atoms with Gasteiger partial charge in [0.15, 0.2) is 5.65 Å². The maximum absolute atomic E-state index is 12.9. The summed E-state index contributed by atoms with van der Waals surface area (Å²) in [6.45, 7) is 14.2. The van der Waals surface area contributed by atoms with E-state index >= 15 is 0 Å². The standard InChI is InChI=1S/C17H26N4O/c1-10(2)20(11(3)4)17(22)15-8-14-9-18-21(12(5)6)16(14)19-13(15)7/h8-12H,1-7H3. The van der Waals surface area contributed by atoms with Crippen LogP contribution in [-0.4, -0.2) is 37.7 Å². The smallest absolute Gasteiger partial charge is 0.256 e. The molecule has 5 heteroatoms. The number of rotatable bonds is 4. The maximum Gasteiger partial charge on any atom is 0.256 e. The van der Waals surface area contributed by atoms with E-state index in [-0.39, 0.29) is 24.0 Å². The zero-order chi connectivity index (χ0) is 16.6. The summed E-state index contributed by atoms with van der Waals surface area (Å²) < 4.78 is 1.89. The summed E-state index contributed by atoms with van der Waals surface area (Å²) in [4.78, 5) is 19.4. The first-order valence-corrected chi connectivity index (χ1v) is 7.91. The first kappa shape index (κ1) is 16.5. The summed E-state index contributed by atoms with van der Waals surface area (Å²) in [5.74, 6) is 0.0363. The summed E-state index contributed by atoms with van der Waals surface area (Å²) in [5.41, 5.74) is 2.26.